The van der Waals surface area contributed by atoms with Crippen LogP contribution in [0.4, 0.5) is 8.78 Å². The minimum Gasteiger partial charge on any atom is -0.497 e. The van der Waals surface area contributed by atoms with E-state index in [9.17, 15) is 8.78 Å². The van der Waals surface area contributed by atoms with Gasteiger partial charge in [0.15, 0.2) is 0 Å². The molecule has 0 aromatic heterocycles. The van der Waals surface area contributed by atoms with Gasteiger partial charge in [-0.1, -0.05) is 0 Å². The molecule has 78 valence electrons. The van der Waals surface area contributed by atoms with E-state index < -0.39 is 17.7 Å². The Kier molecular flexibility index (Phi) is 3.38. The average Bonchev–Trinajstić information content (AvgIpc) is 2.16. The van der Waals surface area contributed by atoms with E-state index in [0.717, 1.165) is 12.1 Å². The third kappa shape index (κ3) is 2.00. The number of nitrogens with two attached hydrogens (primary N) is 2. The maximum atomic E-state index is 13.3. The van der Waals surface area contributed by atoms with Gasteiger partial charge >= 0.3 is 0 Å². The molecule has 0 aliphatic carbocycles. The molecule has 0 unspecified atom stereocenters. The number of halogens is 2. The Bertz CT molecular complexity index is 308. The highest BCUT2D eigenvalue weighted by Gasteiger charge is 2.16. The number of hydrogen-bond acceptors (Lipinski definition) is 3. The van der Waals surface area contributed by atoms with Crippen molar-refractivity contribution >= 4 is 0 Å². The van der Waals surface area contributed by atoms with Gasteiger partial charge in [0.05, 0.1) is 7.11 Å². The van der Waals surface area contributed by atoms with Crippen LogP contribution in [0.25, 0.3) is 0 Å². The summed E-state index contributed by atoms with van der Waals surface area (Å²) < 4.78 is 31.3. The fourth-order valence-corrected chi connectivity index (χ4v) is 1.15. The van der Waals surface area contributed by atoms with Gasteiger partial charge in [-0.15, -0.1) is 0 Å². The van der Waals surface area contributed by atoms with Crippen LogP contribution in [-0.4, -0.2) is 13.7 Å². The first-order chi connectivity index (χ1) is 6.60. The third-order valence-electron chi connectivity index (χ3n) is 1.91. The Labute approximate surface area is 80.7 Å². The molecular formula is C9H12F2N2O. The highest BCUT2D eigenvalue weighted by atomic mass is 19.1. The van der Waals surface area contributed by atoms with E-state index in [1.807, 2.05) is 0 Å². The van der Waals surface area contributed by atoms with Gasteiger partial charge in [0.2, 0.25) is 0 Å². The molecule has 14 heavy (non-hydrogen) atoms. The van der Waals surface area contributed by atoms with Crippen LogP contribution < -0.4 is 16.2 Å². The lowest BCUT2D eigenvalue weighted by molar-refractivity contribution is 0.403. The van der Waals surface area contributed by atoms with Crippen LogP contribution in [0.15, 0.2) is 12.1 Å². The molecule has 5 heteroatoms. The van der Waals surface area contributed by atoms with Crippen LogP contribution in [0.2, 0.25) is 0 Å². The third-order valence-corrected chi connectivity index (χ3v) is 1.91. The summed E-state index contributed by atoms with van der Waals surface area (Å²) in [5, 5.41) is 0. The van der Waals surface area contributed by atoms with Gasteiger partial charge in [0, 0.05) is 30.3 Å². The fourth-order valence-electron chi connectivity index (χ4n) is 1.15. The predicted octanol–water partition coefficient (Wildman–Crippen LogP) is 0.932. The van der Waals surface area contributed by atoms with Crippen molar-refractivity contribution in [1.29, 1.82) is 0 Å². The van der Waals surface area contributed by atoms with Crippen LogP contribution in [0.1, 0.15) is 11.6 Å². The summed E-state index contributed by atoms with van der Waals surface area (Å²) in [6.07, 6.45) is 0. The molecule has 0 saturated carbocycles. The Morgan fingerprint density at radius 2 is 1.86 bits per heavy atom. The second kappa shape index (κ2) is 4.34. The van der Waals surface area contributed by atoms with Crippen LogP contribution in [0.3, 0.4) is 0 Å². The average molecular weight is 202 g/mol. The van der Waals surface area contributed by atoms with E-state index >= 15 is 0 Å². The summed E-state index contributed by atoms with van der Waals surface area (Å²) in [4.78, 5) is 0. The Morgan fingerprint density at radius 1 is 1.36 bits per heavy atom. The van der Waals surface area contributed by atoms with E-state index in [4.69, 9.17) is 16.2 Å². The lowest BCUT2D eigenvalue weighted by Crippen LogP contribution is -2.23. The van der Waals surface area contributed by atoms with Crippen LogP contribution in [-0.2, 0) is 0 Å². The molecule has 0 amide bonds. The van der Waals surface area contributed by atoms with Gasteiger partial charge in [-0.05, 0) is 0 Å². The van der Waals surface area contributed by atoms with Crippen molar-refractivity contribution in [3.05, 3.63) is 29.3 Å². The lowest BCUT2D eigenvalue weighted by atomic mass is 10.1. The largest absolute Gasteiger partial charge is 0.497 e. The zero-order valence-corrected chi connectivity index (χ0v) is 7.76. The summed E-state index contributed by atoms with van der Waals surface area (Å²) in [6, 6.07) is 1.32. The van der Waals surface area contributed by atoms with Gasteiger partial charge in [-0.25, -0.2) is 8.78 Å². The molecule has 0 bridgehead atoms. The molecular weight excluding hydrogens is 190 g/mol. The number of ether oxygens (including phenoxy) is 1. The number of benzene rings is 1. The monoisotopic (exact) mass is 202 g/mol. The van der Waals surface area contributed by atoms with Crippen molar-refractivity contribution < 1.29 is 13.5 Å². The summed E-state index contributed by atoms with van der Waals surface area (Å²) in [5.74, 6) is -1.35. The minimum absolute atomic E-state index is 0.0137. The molecule has 1 atom stereocenters. The van der Waals surface area contributed by atoms with Gasteiger partial charge in [-0.2, -0.15) is 0 Å². The van der Waals surface area contributed by atoms with Gasteiger partial charge in [0.25, 0.3) is 0 Å². The maximum absolute atomic E-state index is 13.3. The van der Waals surface area contributed by atoms with Gasteiger partial charge in [-0.3, -0.25) is 0 Å². The van der Waals surface area contributed by atoms with E-state index in [1.165, 1.54) is 7.11 Å². The SMILES string of the molecule is COc1cc(F)c([C@H](N)CN)c(F)c1. The lowest BCUT2D eigenvalue weighted by Gasteiger charge is -2.12. The van der Waals surface area contributed by atoms with Crippen molar-refractivity contribution in [3.8, 4) is 5.75 Å². The second-order valence-corrected chi connectivity index (χ2v) is 2.85. The molecule has 0 heterocycles. The highest BCUT2D eigenvalue weighted by Crippen LogP contribution is 2.23. The van der Waals surface area contributed by atoms with Crippen LogP contribution in [0.5, 0.6) is 5.75 Å². The van der Waals surface area contributed by atoms with E-state index in [2.05, 4.69) is 0 Å². The summed E-state index contributed by atoms with van der Waals surface area (Å²) in [7, 11) is 1.33. The number of hydrogen-bond donors (Lipinski definition) is 2. The molecule has 1 aromatic carbocycles. The van der Waals surface area contributed by atoms with E-state index in [0.29, 0.717) is 0 Å². The predicted molar refractivity (Wildman–Crippen MR) is 48.9 cm³/mol. The molecule has 0 radical (unpaired) electrons. The van der Waals surface area contributed by atoms with Gasteiger partial charge < -0.3 is 16.2 Å². The first-order valence-electron chi connectivity index (χ1n) is 4.08. The molecule has 1 rings (SSSR count). The maximum Gasteiger partial charge on any atom is 0.134 e. The van der Waals surface area contributed by atoms with Gasteiger partial charge in [0.1, 0.15) is 17.4 Å². The van der Waals surface area contributed by atoms with Crippen molar-refractivity contribution in [2.75, 3.05) is 13.7 Å². The van der Waals surface area contributed by atoms with E-state index in [1.54, 1.807) is 0 Å². The van der Waals surface area contributed by atoms with Crippen molar-refractivity contribution in [2.45, 2.75) is 6.04 Å². The summed E-state index contributed by atoms with van der Waals surface area (Å²) in [5.41, 5.74) is 10.5. The van der Waals surface area contributed by atoms with E-state index in [-0.39, 0.29) is 17.9 Å². The first kappa shape index (κ1) is 10.9. The van der Waals surface area contributed by atoms with Crippen LogP contribution in [0, 0.1) is 11.6 Å². The summed E-state index contributed by atoms with van der Waals surface area (Å²) >= 11 is 0. The Hall–Kier alpha value is -1.20. The Morgan fingerprint density at radius 3 is 2.21 bits per heavy atom. The summed E-state index contributed by atoms with van der Waals surface area (Å²) in [6.45, 7) is -0.0137. The van der Waals surface area contributed by atoms with Crippen molar-refractivity contribution in [2.24, 2.45) is 11.5 Å². The fraction of sp³-hybridized carbons (Fsp3) is 0.333. The molecule has 0 aliphatic heterocycles. The van der Waals surface area contributed by atoms with Crippen LogP contribution >= 0.6 is 0 Å². The van der Waals surface area contributed by atoms with Crippen molar-refractivity contribution in [3.63, 3.8) is 0 Å². The zero-order chi connectivity index (χ0) is 10.7. The molecule has 0 spiro atoms. The normalized spacial score (nSPS) is 12.6. The van der Waals surface area contributed by atoms with Crippen molar-refractivity contribution in [1.82, 2.24) is 0 Å². The zero-order valence-electron chi connectivity index (χ0n) is 7.76. The molecule has 1 aromatic rings. The minimum atomic E-state index is -0.832. The number of methoxy groups -OCH3 is 1. The number of rotatable bonds is 3. The molecule has 0 saturated heterocycles. The molecule has 0 fully saturated rings. The quantitative estimate of drug-likeness (QED) is 0.766. The standard InChI is InChI=1S/C9H12F2N2O/c1-14-5-2-6(10)9(7(11)3-5)8(13)4-12/h2-3,8H,4,12-13H2,1H3/t8-/m1/s1. The molecule has 4 N–H and O–H groups in total. The molecule has 0 aliphatic rings. The first-order valence-corrected chi connectivity index (χ1v) is 4.08. The Balaban J connectivity index is 3.18. The second-order valence-electron chi connectivity index (χ2n) is 2.85. The topological polar surface area (TPSA) is 61.3 Å². The smallest absolute Gasteiger partial charge is 0.134 e. The molecule has 3 nitrogen and oxygen atoms in total. The highest BCUT2D eigenvalue weighted by molar-refractivity contribution is 5.32.